The lowest BCUT2D eigenvalue weighted by Crippen LogP contribution is -2.39. The zero-order chi connectivity index (χ0) is 20.6. The number of ketones is 1. The molecular weight excluding hydrogens is 408 g/mol. The van der Waals surface area contributed by atoms with Gasteiger partial charge in [0.15, 0.2) is 0 Å². The molecule has 2 aromatic heterocycles. The van der Waals surface area contributed by atoms with Crippen LogP contribution in [0.1, 0.15) is 23.5 Å². The van der Waals surface area contributed by atoms with Gasteiger partial charge in [0.1, 0.15) is 15.8 Å². The van der Waals surface area contributed by atoms with E-state index in [0.29, 0.717) is 25.9 Å². The van der Waals surface area contributed by atoms with E-state index < -0.39 is 10.0 Å². The Morgan fingerprint density at radius 3 is 2.59 bits per heavy atom. The van der Waals surface area contributed by atoms with Crippen LogP contribution >= 0.6 is 11.3 Å². The lowest BCUT2D eigenvalue weighted by atomic mass is 9.91. The van der Waals surface area contributed by atoms with E-state index in [-0.39, 0.29) is 18.1 Å². The molecule has 0 atom stereocenters. The number of fused-ring (bicyclic) bond motifs is 1. The molecule has 29 heavy (non-hydrogen) atoms. The number of carbonyl (C=O) groups is 1. The van der Waals surface area contributed by atoms with Gasteiger partial charge < -0.3 is 0 Å². The Balaban J connectivity index is 1.48. The number of benzene rings is 1. The third-order valence-electron chi connectivity index (χ3n) is 5.28. The summed E-state index contributed by atoms with van der Waals surface area (Å²) < 4.78 is 24.7. The third kappa shape index (κ3) is 4.52. The lowest BCUT2D eigenvalue weighted by molar-refractivity contribution is -0.123. The van der Waals surface area contributed by atoms with Gasteiger partial charge in [0.05, 0.1) is 6.26 Å². The highest BCUT2D eigenvalue weighted by molar-refractivity contribution is 7.88. The minimum atomic E-state index is -3.18. The van der Waals surface area contributed by atoms with Crippen LogP contribution in [0.15, 0.2) is 30.5 Å². The number of Topliss-reactive ketones (excluding diaryl/α,β-unsaturated/α-hetero) is 1. The molecule has 0 saturated carbocycles. The van der Waals surface area contributed by atoms with Crippen molar-refractivity contribution in [1.82, 2.24) is 19.5 Å². The van der Waals surface area contributed by atoms with Gasteiger partial charge in [-0.3, -0.25) is 9.78 Å². The fourth-order valence-electron chi connectivity index (χ4n) is 3.66. The molecule has 1 aliphatic rings. The van der Waals surface area contributed by atoms with Crippen molar-refractivity contribution < 1.29 is 13.2 Å². The number of aromatic nitrogens is 3. The van der Waals surface area contributed by atoms with Gasteiger partial charge in [0.25, 0.3) is 0 Å². The van der Waals surface area contributed by atoms with Crippen molar-refractivity contribution in [2.24, 2.45) is 5.92 Å². The second-order valence-corrected chi connectivity index (χ2v) is 10.6. The maximum Gasteiger partial charge on any atom is 0.211 e. The van der Waals surface area contributed by atoms with Crippen molar-refractivity contribution in [3.63, 3.8) is 0 Å². The largest absolute Gasteiger partial charge is 0.299 e. The van der Waals surface area contributed by atoms with Crippen LogP contribution in [0.2, 0.25) is 0 Å². The topological polar surface area (TPSA) is 93.1 Å². The van der Waals surface area contributed by atoms with E-state index in [1.54, 1.807) is 17.5 Å². The Morgan fingerprint density at radius 1 is 1.17 bits per heavy atom. The fraction of sp³-hybridized carbons (Fsp3) is 0.400. The van der Waals surface area contributed by atoms with Crippen LogP contribution in [0.5, 0.6) is 0 Å². The van der Waals surface area contributed by atoms with E-state index in [4.69, 9.17) is 0 Å². The Labute approximate surface area is 173 Å². The molecule has 0 radical (unpaired) electrons. The summed E-state index contributed by atoms with van der Waals surface area (Å²) in [7, 11) is -3.18. The van der Waals surface area contributed by atoms with Gasteiger partial charge in [0, 0.05) is 48.3 Å². The molecule has 0 spiro atoms. The van der Waals surface area contributed by atoms with Crippen LogP contribution in [-0.2, 0) is 21.2 Å². The van der Waals surface area contributed by atoms with Gasteiger partial charge >= 0.3 is 0 Å². The molecule has 1 aromatic carbocycles. The maximum absolute atomic E-state index is 12.7. The highest BCUT2D eigenvalue weighted by Gasteiger charge is 2.28. The highest BCUT2D eigenvalue weighted by atomic mass is 32.2. The molecule has 7 nitrogen and oxygen atoms in total. The Hall–Kier alpha value is -2.23. The quantitative estimate of drug-likeness (QED) is 0.618. The standard InChI is InChI=1S/C20H22N4O3S2/c1-13-22-23-20(28-13)15-3-4-16-12-21-18(10-17(16)9-15)11-19(25)14-5-7-24(8-6-14)29(2,26)27/h3-4,9-10,12,14H,5-8,11H2,1-2H3. The van der Waals surface area contributed by atoms with Crippen molar-refractivity contribution in [2.45, 2.75) is 26.2 Å². The zero-order valence-electron chi connectivity index (χ0n) is 16.3. The highest BCUT2D eigenvalue weighted by Crippen LogP contribution is 2.27. The van der Waals surface area contributed by atoms with Gasteiger partial charge in [-0.05, 0) is 37.3 Å². The molecule has 0 aliphatic carbocycles. The Bertz CT molecular complexity index is 1170. The van der Waals surface area contributed by atoms with E-state index >= 15 is 0 Å². The van der Waals surface area contributed by atoms with Crippen LogP contribution in [0, 0.1) is 12.8 Å². The monoisotopic (exact) mass is 430 g/mol. The number of nitrogens with zero attached hydrogens (tertiary/aromatic N) is 4. The summed E-state index contributed by atoms with van der Waals surface area (Å²) in [6.45, 7) is 2.74. The van der Waals surface area contributed by atoms with Crippen LogP contribution in [0.25, 0.3) is 21.3 Å². The molecule has 0 amide bonds. The van der Waals surface area contributed by atoms with Gasteiger partial charge in [-0.2, -0.15) is 0 Å². The van der Waals surface area contributed by atoms with Gasteiger partial charge in [-0.1, -0.05) is 23.5 Å². The summed E-state index contributed by atoms with van der Waals surface area (Å²) in [6, 6.07) is 8.01. The second-order valence-electron chi connectivity index (χ2n) is 7.44. The molecule has 9 heteroatoms. The van der Waals surface area contributed by atoms with Crippen molar-refractivity contribution in [1.29, 1.82) is 0 Å². The number of piperidine rings is 1. The van der Waals surface area contributed by atoms with Crippen molar-refractivity contribution >= 4 is 37.9 Å². The average molecular weight is 431 g/mol. The van der Waals surface area contributed by atoms with Crippen LogP contribution in [0.3, 0.4) is 0 Å². The summed E-state index contributed by atoms with van der Waals surface area (Å²) >= 11 is 1.55. The molecule has 4 rings (SSSR count). The molecule has 3 heterocycles. The Kier molecular flexibility index (Phi) is 5.46. The molecule has 0 unspecified atom stereocenters. The first-order valence-corrected chi connectivity index (χ1v) is 12.1. The van der Waals surface area contributed by atoms with Gasteiger partial charge in [0.2, 0.25) is 10.0 Å². The minimum Gasteiger partial charge on any atom is -0.299 e. The van der Waals surface area contributed by atoms with E-state index in [0.717, 1.165) is 32.0 Å². The normalized spacial score (nSPS) is 16.3. The van der Waals surface area contributed by atoms with Crippen LogP contribution in [0.4, 0.5) is 0 Å². The summed E-state index contributed by atoms with van der Waals surface area (Å²) in [4.78, 5) is 17.2. The molecule has 0 N–H and O–H groups in total. The smallest absolute Gasteiger partial charge is 0.211 e. The van der Waals surface area contributed by atoms with Crippen molar-refractivity contribution in [2.75, 3.05) is 19.3 Å². The van der Waals surface area contributed by atoms with Crippen molar-refractivity contribution in [3.8, 4) is 10.6 Å². The molecule has 1 fully saturated rings. The molecule has 152 valence electrons. The molecule has 0 bridgehead atoms. The summed E-state index contributed by atoms with van der Waals surface area (Å²) in [6.07, 6.45) is 4.41. The molecule has 1 aliphatic heterocycles. The Morgan fingerprint density at radius 2 is 1.93 bits per heavy atom. The van der Waals surface area contributed by atoms with E-state index in [1.165, 1.54) is 10.6 Å². The van der Waals surface area contributed by atoms with Crippen molar-refractivity contribution in [3.05, 3.63) is 41.2 Å². The zero-order valence-corrected chi connectivity index (χ0v) is 18.0. The first kappa shape index (κ1) is 20.1. The van der Waals surface area contributed by atoms with E-state index in [2.05, 4.69) is 21.2 Å². The number of pyridine rings is 1. The third-order valence-corrected chi connectivity index (χ3v) is 7.48. The average Bonchev–Trinajstić information content (AvgIpc) is 3.13. The number of rotatable bonds is 5. The molecular formula is C20H22N4O3S2. The summed E-state index contributed by atoms with van der Waals surface area (Å²) in [5.74, 6) is 0.0158. The summed E-state index contributed by atoms with van der Waals surface area (Å²) in [5.41, 5.74) is 1.73. The number of aryl methyl sites for hydroxylation is 1. The van der Waals surface area contributed by atoms with Crippen LogP contribution in [-0.4, -0.2) is 53.0 Å². The minimum absolute atomic E-state index is 0.110. The second kappa shape index (κ2) is 7.89. The fourth-order valence-corrected chi connectivity index (χ4v) is 5.22. The maximum atomic E-state index is 12.7. The molecule has 1 saturated heterocycles. The van der Waals surface area contributed by atoms with Gasteiger partial charge in [-0.25, -0.2) is 12.7 Å². The number of hydrogen-bond donors (Lipinski definition) is 0. The van der Waals surface area contributed by atoms with Gasteiger partial charge in [-0.15, -0.1) is 10.2 Å². The van der Waals surface area contributed by atoms with E-state index in [1.807, 2.05) is 25.1 Å². The summed E-state index contributed by atoms with van der Waals surface area (Å²) in [5, 5.41) is 12.1. The predicted molar refractivity (Wildman–Crippen MR) is 113 cm³/mol. The van der Waals surface area contributed by atoms with E-state index in [9.17, 15) is 13.2 Å². The lowest BCUT2D eigenvalue weighted by Gasteiger charge is -2.29. The number of sulfonamides is 1. The first-order chi connectivity index (χ1) is 13.8. The molecule has 3 aromatic rings. The first-order valence-electron chi connectivity index (χ1n) is 9.46. The van der Waals surface area contributed by atoms with Crippen LogP contribution < -0.4 is 0 Å². The number of carbonyl (C=O) groups excluding carboxylic acids is 1. The SMILES string of the molecule is Cc1nnc(-c2ccc3cnc(CC(=O)C4CCN(S(C)(=O)=O)CC4)cc3c2)s1. The predicted octanol–water partition coefficient (Wildman–Crippen LogP) is 2.84. The number of hydrogen-bond acceptors (Lipinski definition) is 7.